The van der Waals surface area contributed by atoms with E-state index in [9.17, 15) is 4.79 Å². The van der Waals surface area contributed by atoms with Crippen LogP contribution in [0.15, 0.2) is 16.7 Å². The Morgan fingerprint density at radius 3 is 3.05 bits per heavy atom. The summed E-state index contributed by atoms with van der Waals surface area (Å²) in [5, 5.41) is 2.55. The van der Waals surface area contributed by atoms with E-state index in [1.54, 1.807) is 6.20 Å². The lowest BCUT2D eigenvalue weighted by atomic mass is 10.4. The van der Waals surface area contributed by atoms with E-state index >= 15 is 0 Å². The monoisotopic (exact) mass is 345 g/mol. The number of hydrogen-bond donors (Lipinski definition) is 2. The van der Waals surface area contributed by atoms with Crippen LogP contribution in [0.3, 0.4) is 0 Å². The van der Waals surface area contributed by atoms with Crippen LogP contribution in [0.4, 0.5) is 4.79 Å². The van der Waals surface area contributed by atoms with Crippen molar-refractivity contribution in [1.82, 2.24) is 19.9 Å². The standard InChI is InChI=1S/C11H13BrClN5O/c12-7-5-8-10(16-6-7)18(4-3-15-11(14)19)9(17-8)1-2-13/h5-6H,1-4H2,(H3,14,15,19). The predicted molar refractivity (Wildman–Crippen MR) is 77.2 cm³/mol. The van der Waals surface area contributed by atoms with Gasteiger partial charge in [0.2, 0.25) is 0 Å². The number of nitrogens with one attached hydrogen (secondary N) is 1. The molecule has 0 aliphatic rings. The zero-order chi connectivity index (χ0) is 13.8. The highest BCUT2D eigenvalue weighted by atomic mass is 79.9. The second-order valence-electron chi connectivity index (χ2n) is 3.91. The maximum absolute atomic E-state index is 10.7. The molecule has 0 radical (unpaired) electrons. The largest absolute Gasteiger partial charge is 0.352 e. The summed E-state index contributed by atoms with van der Waals surface area (Å²) >= 11 is 9.14. The summed E-state index contributed by atoms with van der Waals surface area (Å²) in [7, 11) is 0. The average molecular weight is 347 g/mol. The zero-order valence-corrected chi connectivity index (χ0v) is 12.4. The van der Waals surface area contributed by atoms with E-state index in [1.165, 1.54) is 0 Å². The van der Waals surface area contributed by atoms with Crippen LogP contribution in [0, 0.1) is 0 Å². The summed E-state index contributed by atoms with van der Waals surface area (Å²) in [5.41, 5.74) is 6.62. The number of hydrogen-bond acceptors (Lipinski definition) is 3. The molecule has 0 aliphatic heterocycles. The smallest absolute Gasteiger partial charge is 0.312 e. The number of alkyl halides is 1. The van der Waals surface area contributed by atoms with Gasteiger partial charge in [0.15, 0.2) is 5.65 Å². The van der Waals surface area contributed by atoms with Gasteiger partial charge in [-0.1, -0.05) is 0 Å². The Morgan fingerprint density at radius 1 is 1.58 bits per heavy atom. The number of nitrogens with two attached hydrogens (primary N) is 1. The molecule has 0 aromatic carbocycles. The predicted octanol–water partition coefficient (Wildman–Crippen LogP) is 1.64. The van der Waals surface area contributed by atoms with E-state index < -0.39 is 6.03 Å². The topological polar surface area (TPSA) is 85.8 Å². The number of imidazole rings is 1. The molecule has 0 fully saturated rings. The summed E-state index contributed by atoms with van der Waals surface area (Å²) in [4.78, 5) is 19.5. The van der Waals surface area contributed by atoms with Crippen LogP contribution < -0.4 is 11.1 Å². The Bertz CT molecular complexity index is 600. The number of primary amides is 1. The number of fused-ring (bicyclic) bond motifs is 1. The Balaban J connectivity index is 2.31. The highest BCUT2D eigenvalue weighted by Gasteiger charge is 2.11. The molecule has 2 aromatic heterocycles. The van der Waals surface area contributed by atoms with E-state index in [1.807, 2.05) is 10.6 Å². The van der Waals surface area contributed by atoms with E-state index in [0.717, 1.165) is 21.5 Å². The normalized spacial score (nSPS) is 10.8. The number of aromatic nitrogens is 3. The molecule has 3 N–H and O–H groups in total. The Kier molecular flexibility index (Phi) is 4.60. The fourth-order valence-electron chi connectivity index (χ4n) is 1.83. The van der Waals surface area contributed by atoms with Gasteiger partial charge in [0.05, 0.1) is 0 Å². The van der Waals surface area contributed by atoms with Crippen LogP contribution in [0.25, 0.3) is 11.2 Å². The highest BCUT2D eigenvalue weighted by molar-refractivity contribution is 9.10. The van der Waals surface area contributed by atoms with Gasteiger partial charge in [-0.3, -0.25) is 0 Å². The maximum atomic E-state index is 10.7. The zero-order valence-electron chi connectivity index (χ0n) is 10.1. The number of halogens is 2. The molecular formula is C11H13BrClN5O. The molecule has 6 nitrogen and oxygen atoms in total. The van der Waals surface area contributed by atoms with Crippen molar-refractivity contribution in [3.05, 3.63) is 22.6 Å². The molecule has 0 atom stereocenters. The quantitative estimate of drug-likeness (QED) is 0.807. The van der Waals surface area contributed by atoms with Crippen molar-refractivity contribution >= 4 is 44.7 Å². The Hall–Kier alpha value is -1.34. The first-order valence-electron chi connectivity index (χ1n) is 5.71. The van der Waals surface area contributed by atoms with Crippen LogP contribution in [-0.2, 0) is 13.0 Å². The molecule has 2 amide bonds. The third kappa shape index (κ3) is 3.36. The lowest BCUT2D eigenvalue weighted by Gasteiger charge is -2.07. The number of carbonyl (C=O) groups is 1. The number of rotatable bonds is 5. The van der Waals surface area contributed by atoms with Crippen molar-refractivity contribution in [2.45, 2.75) is 13.0 Å². The third-order valence-corrected chi connectivity index (χ3v) is 3.21. The number of carbonyl (C=O) groups excluding carboxylic acids is 1. The minimum Gasteiger partial charge on any atom is -0.352 e. The van der Waals surface area contributed by atoms with Crippen LogP contribution >= 0.6 is 27.5 Å². The Morgan fingerprint density at radius 2 is 2.37 bits per heavy atom. The summed E-state index contributed by atoms with van der Waals surface area (Å²) in [6.45, 7) is 0.980. The molecule has 0 unspecified atom stereocenters. The lowest BCUT2D eigenvalue weighted by molar-refractivity contribution is 0.248. The fourth-order valence-corrected chi connectivity index (χ4v) is 2.32. The first-order chi connectivity index (χ1) is 9.11. The van der Waals surface area contributed by atoms with Crippen LogP contribution in [0.5, 0.6) is 0 Å². The van der Waals surface area contributed by atoms with Crippen LogP contribution in [-0.4, -0.2) is 33.0 Å². The second-order valence-corrected chi connectivity index (χ2v) is 5.20. The summed E-state index contributed by atoms with van der Waals surface area (Å²) < 4.78 is 2.82. The minimum absolute atomic E-state index is 0.424. The second kappa shape index (κ2) is 6.21. The average Bonchev–Trinajstić information content (AvgIpc) is 2.66. The summed E-state index contributed by atoms with van der Waals surface area (Å²) in [6.07, 6.45) is 2.36. The van der Waals surface area contributed by atoms with Gasteiger partial charge in [0.25, 0.3) is 0 Å². The maximum Gasteiger partial charge on any atom is 0.312 e. The van der Waals surface area contributed by atoms with Gasteiger partial charge in [-0.05, 0) is 22.0 Å². The number of aryl methyl sites for hydroxylation is 1. The van der Waals surface area contributed by atoms with Crippen molar-refractivity contribution < 1.29 is 4.79 Å². The van der Waals surface area contributed by atoms with Crippen LogP contribution in [0.2, 0.25) is 0 Å². The molecule has 2 aromatic rings. The SMILES string of the molecule is NC(=O)NCCn1c(CCCl)nc2cc(Br)cnc21. The van der Waals surface area contributed by atoms with Crippen molar-refractivity contribution in [3.63, 3.8) is 0 Å². The first kappa shape index (κ1) is 14.1. The van der Waals surface area contributed by atoms with E-state index in [0.29, 0.717) is 25.4 Å². The van der Waals surface area contributed by atoms with Gasteiger partial charge < -0.3 is 15.6 Å². The minimum atomic E-state index is -0.543. The van der Waals surface area contributed by atoms with Crippen molar-refractivity contribution in [3.8, 4) is 0 Å². The molecule has 0 bridgehead atoms. The van der Waals surface area contributed by atoms with E-state index in [4.69, 9.17) is 17.3 Å². The van der Waals surface area contributed by atoms with Gasteiger partial charge >= 0.3 is 6.03 Å². The molecule has 102 valence electrons. The van der Waals surface area contributed by atoms with Gasteiger partial charge in [0.1, 0.15) is 11.3 Å². The van der Waals surface area contributed by atoms with Gasteiger partial charge in [0, 0.05) is 36.1 Å². The van der Waals surface area contributed by atoms with Crippen LogP contribution in [0.1, 0.15) is 5.82 Å². The van der Waals surface area contributed by atoms with Crippen molar-refractivity contribution in [1.29, 1.82) is 0 Å². The molecule has 2 rings (SSSR count). The van der Waals surface area contributed by atoms with Gasteiger partial charge in [-0.15, -0.1) is 11.6 Å². The number of amides is 2. The molecule has 8 heteroatoms. The highest BCUT2D eigenvalue weighted by Crippen LogP contribution is 2.18. The summed E-state index contributed by atoms with van der Waals surface area (Å²) in [5.74, 6) is 1.33. The lowest BCUT2D eigenvalue weighted by Crippen LogP contribution is -2.32. The Labute approximate surface area is 123 Å². The molecule has 0 spiro atoms. The third-order valence-electron chi connectivity index (χ3n) is 2.58. The first-order valence-corrected chi connectivity index (χ1v) is 7.04. The molecule has 2 heterocycles. The number of urea groups is 1. The number of pyridine rings is 1. The molecule has 0 aliphatic carbocycles. The van der Waals surface area contributed by atoms with Crippen molar-refractivity contribution in [2.75, 3.05) is 12.4 Å². The molecule has 0 saturated heterocycles. The van der Waals surface area contributed by atoms with E-state index in [2.05, 4.69) is 31.2 Å². The number of nitrogens with zero attached hydrogens (tertiary/aromatic N) is 3. The molecule has 0 saturated carbocycles. The van der Waals surface area contributed by atoms with Gasteiger partial charge in [-0.2, -0.15) is 0 Å². The molecular weight excluding hydrogens is 334 g/mol. The van der Waals surface area contributed by atoms with E-state index in [-0.39, 0.29) is 0 Å². The fraction of sp³-hybridized carbons (Fsp3) is 0.364. The van der Waals surface area contributed by atoms with Gasteiger partial charge in [-0.25, -0.2) is 14.8 Å². The van der Waals surface area contributed by atoms with Crippen molar-refractivity contribution in [2.24, 2.45) is 5.73 Å². The molecule has 19 heavy (non-hydrogen) atoms. The summed E-state index contributed by atoms with van der Waals surface area (Å²) in [6, 6.07) is 1.36.